The Kier molecular flexibility index (Phi) is 2.82. The van der Waals surface area contributed by atoms with Crippen LogP contribution in [0, 0.1) is 6.92 Å². The molecule has 0 spiro atoms. The maximum Gasteiger partial charge on any atom is 0.226 e. The molecule has 0 amide bonds. The lowest BCUT2D eigenvalue weighted by atomic mass is 10.2. The SMILES string of the molecule is Cc1ccccc1S(=O)(=O)C1N(C)C=NN1C. The summed E-state index contributed by atoms with van der Waals surface area (Å²) < 4.78 is 25.0. The van der Waals surface area contributed by atoms with E-state index < -0.39 is 15.3 Å². The maximum atomic E-state index is 12.5. The predicted molar refractivity (Wildman–Crippen MR) is 66.2 cm³/mol. The molecule has 1 unspecified atom stereocenters. The Morgan fingerprint density at radius 3 is 2.41 bits per heavy atom. The van der Waals surface area contributed by atoms with Crippen molar-refractivity contribution in [2.24, 2.45) is 5.10 Å². The van der Waals surface area contributed by atoms with E-state index in [0.717, 1.165) is 5.56 Å². The molecule has 0 fully saturated rings. The van der Waals surface area contributed by atoms with Gasteiger partial charge in [-0.05, 0) is 18.6 Å². The fourth-order valence-corrected chi connectivity index (χ4v) is 3.91. The summed E-state index contributed by atoms with van der Waals surface area (Å²) >= 11 is 0. The summed E-state index contributed by atoms with van der Waals surface area (Å²) in [6, 6.07) is 6.98. The molecule has 92 valence electrons. The van der Waals surface area contributed by atoms with Crippen molar-refractivity contribution in [1.82, 2.24) is 9.91 Å². The van der Waals surface area contributed by atoms with Crippen LogP contribution in [0.15, 0.2) is 34.3 Å². The fourth-order valence-electron chi connectivity index (χ4n) is 1.95. The second kappa shape index (κ2) is 4.03. The van der Waals surface area contributed by atoms with Gasteiger partial charge in [-0.2, -0.15) is 5.10 Å². The summed E-state index contributed by atoms with van der Waals surface area (Å²) in [7, 11) is -0.0858. The van der Waals surface area contributed by atoms with Crippen LogP contribution in [0.1, 0.15) is 5.56 Å². The van der Waals surface area contributed by atoms with Gasteiger partial charge in [-0.15, -0.1) is 0 Å². The van der Waals surface area contributed by atoms with Gasteiger partial charge in [0, 0.05) is 14.1 Å². The summed E-state index contributed by atoms with van der Waals surface area (Å²) in [5.41, 5.74) is -0.00944. The largest absolute Gasteiger partial charge is 0.330 e. The number of hydrazone groups is 1. The molecule has 1 aromatic rings. The molecule has 6 heteroatoms. The Hall–Kier alpha value is -1.56. The van der Waals surface area contributed by atoms with Crippen LogP contribution in [0.4, 0.5) is 0 Å². The topological polar surface area (TPSA) is 53.0 Å². The molecule has 1 aliphatic rings. The Morgan fingerprint density at radius 1 is 1.24 bits per heavy atom. The van der Waals surface area contributed by atoms with Crippen molar-refractivity contribution in [3.8, 4) is 0 Å². The highest BCUT2D eigenvalue weighted by atomic mass is 32.2. The summed E-state index contributed by atoms with van der Waals surface area (Å²) in [4.78, 5) is 1.94. The molecule has 17 heavy (non-hydrogen) atoms. The molecular weight excluding hydrogens is 238 g/mol. The molecule has 1 heterocycles. The first-order valence-corrected chi connectivity index (χ1v) is 6.77. The first-order valence-electron chi connectivity index (χ1n) is 5.23. The van der Waals surface area contributed by atoms with Gasteiger partial charge < -0.3 is 4.90 Å². The highest BCUT2D eigenvalue weighted by Crippen LogP contribution is 2.24. The van der Waals surface area contributed by atoms with Gasteiger partial charge in [-0.1, -0.05) is 18.2 Å². The third kappa shape index (κ3) is 1.88. The standard InChI is InChI=1S/C11H15N3O2S/c1-9-6-4-5-7-10(9)17(15,16)11-13(2)8-12-14(11)3/h4-8,11H,1-3H3. The van der Waals surface area contributed by atoms with E-state index in [-0.39, 0.29) is 0 Å². The molecule has 0 radical (unpaired) electrons. The first kappa shape index (κ1) is 11.9. The molecule has 0 aromatic heterocycles. The Labute approximate surface area is 101 Å². The van der Waals surface area contributed by atoms with E-state index in [1.165, 1.54) is 11.3 Å². The van der Waals surface area contributed by atoms with Crippen LogP contribution in [0.5, 0.6) is 0 Å². The average molecular weight is 253 g/mol. The lowest BCUT2D eigenvalue weighted by molar-refractivity contribution is 0.254. The third-order valence-corrected chi connectivity index (χ3v) is 5.03. The summed E-state index contributed by atoms with van der Waals surface area (Å²) in [6.45, 7) is 1.79. The number of hydrogen-bond donors (Lipinski definition) is 0. The van der Waals surface area contributed by atoms with Gasteiger partial charge in [0.05, 0.1) is 4.90 Å². The zero-order chi connectivity index (χ0) is 12.6. The highest BCUT2D eigenvalue weighted by Gasteiger charge is 2.37. The molecule has 0 saturated heterocycles. The number of hydrogen-bond acceptors (Lipinski definition) is 5. The van der Waals surface area contributed by atoms with Crippen LogP contribution in [0.2, 0.25) is 0 Å². The smallest absolute Gasteiger partial charge is 0.226 e. The van der Waals surface area contributed by atoms with Crippen LogP contribution in [-0.2, 0) is 9.84 Å². The molecular formula is C11H15N3O2S. The quantitative estimate of drug-likeness (QED) is 0.785. The van der Waals surface area contributed by atoms with E-state index in [4.69, 9.17) is 0 Å². The number of aryl methyl sites for hydroxylation is 1. The maximum absolute atomic E-state index is 12.5. The van der Waals surface area contributed by atoms with Crippen molar-refractivity contribution in [2.75, 3.05) is 14.1 Å². The molecule has 5 nitrogen and oxygen atoms in total. The first-order chi connectivity index (χ1) is 7.94. The van der Waals surface area contributed by atoms with Crippen molar-refractivity contribution >= 4 is 16.2 Å². The molecule has 0 N–H and O–H groups in total. The Balaban J connectivity index is 2.48. The Morgan fingerprint density at radius 2 is 1.88 bits per heavy atom. The van der Waals surface area contributed by atoms with Crippen molar-refractivity contribution < 1.29 is 8.42 Å². The van der Waals surface area contributed by atoms with Gasteiger partial charge in [0.25, 0.3) is 0 Å². The van der Waals surface area contributed by atoms with Gasteiger partial charge >= 0.3 is 0 Å². The second-order valence-electron chi connectivity index (χ2n) is 4.11. The van der Waals surface area contributed by atoms with Crippen LogP contribution in [0.3, 0.4) is 0 Å². The minimum absolute atomic E-state index is 0.356. The van der Waals surface area contributed by atoms with Gasteiger partial charge in [0.15, 0.2) is 0 Å². The lowest BCUT2D eigenvalue weighted by Gasteiger charge is -2.25. The van der Waals surface area contributed by atoms with Gasteiger partial charge in [-0.3, -0.25) is 5.01 Å². The van der Waals surface area contributed by atoms with Crippen molar-refractivity contribution in [3.63, 3.8) is 0 Å². The van der Waals surface area contributed by atoms with Crippen LogP contribution in [-0.4, -0.2) is 44.3 Å². The van der Waals surface area contributed by atoms with Crippen molar-refractivity contribution in [3.05, 3.63) is 29.8 Å². The highest BCUT2D eigenvalue weighted by molar-refractivity contribution is 7.92. The minimum atomic E-state index is -3.44. The molecule has 1 atom stereocenters. The number of rotatable bonds is 2. The van der Waals surface area contributed by atoms with E-state index >= 15 is 0 Å². The Bertz CT molecular complexity index is 542. The number of sulfone groups is 1. The monoisotopic (exact) mass is 253 g/mol. The molecule has 1 aliphatic heterocycles. The lowest BCUT2D eigenvalue weighted by Crippen LogP contribution is -2.42. The summed E-state index contributed by atoms with van der Waals surface area (Å²) in [5, 5.41) is 5.42. The van der Waals surface area contributed by atoms with Crippen molar-refractivity contribution in [2.45, 2.75) is 17.3 Å². The fraction of sp³-hybridized carbons (Fsp3) is 0.364. The summed E-state index contributed by atoms with van der Waals surface area (Å²) in [5.74, 6) is 0. The number of benzene rings is 1. The van der Waals surface area contributed by atoms with Gasteiger partial charge in [-0.25, -0.2) is 8.42 Å². The molecule has 2 rings (SSSR count). The van der Waals surface area contributed by atoms with E-state index in [1.807, 2.05) is 6.07 Å². The van der Waals surface area contributed by atoms with Gasteiger partial charge in [0.1, 0.15) is 6.34 Å². The second-order valence-corrected chi connectivity index (χ2v) is 6.06. The zero-order valence-corrected chi connectivity index (χ0v) is 10.8. The van der Waals surface area contributed by atoms with Crippen LogP contribution in [0.25, 0.3) is 0 Å². The van der Waals surface area contributed by atoms with Gasteiger partial charge in [0.2, 0.25) is 15.3 Å². The average Bonchev–Trinajstić information content (AvgIpc) is 2.59. The molecule has 1 aromatic carbocycles. The van der Waals surface area contributed by atoms with Crippen molar-refractivity contribution in [1.29, 1.82) is 0 Å². The molecule has 0 bridgehead atoms. The van der Waals surface area contributed by atoms with Crippen LogP contribution >= 0.6 is 0 Å². The third-order valence-electron chi connectivity index (χ3n) is 2.76. The van der Waals surface area contributed by atoms with E-state index in [2.05, 4.69) is 5.10 Å². The normalized spacial score (nSPS) is 20.1. The summed E-state index contributed by atoms with van der Waals surface area (Å²) in [6.07, 6.45) is 1.51. The molecule has 0 saturated carbocycles. The van der Waals surface area contributed by atoms with E-state index in [9.17, 15) is 8.42 Å². The van der Waals surface area contributed by atoms with Crippen LogP contribution < -0.4 is 0 Å². The van der Waals surface area contributed by atoms with E-state index in [0.29, 0.717) is 4.90 Å². The minimum Gasteiger partial charge on any atom is -0.330 e. The zero-order valence-electron chi connectivity index (χ0n) is 10.0. The predicted octanol–water partition coefficient (Wildman–Crippen LogP) is 0.873. The van der Waals surface area contributed by atoms with E-state index in [1.54, 1.807) is 44.1 Å². The number of nitrogens with zero attached hydrogens (tertiary/aromatic N) is 3. The molecule has 0 aliphatic carbocycles.